The smallest absolute Gasteiger partial charge is 0.361 e. The second-order valence-electron chi connectivity index (χ2n) is 6.63. The lowest BCUT2D eigenvalue weighted by Crippen LogP contribution is -2.31. The molecule has 4 rings (SSSR count). The number of rotatable bonds is 3. The Balaban J connectivity index is 1.50. The van der Waals surface area contributed by atoms with Gasteiger partial charge in [-0.05, 0) is 19.1 Å². The molecule has 1 aliphatic rings. The Labute approximate surface area is 153 Å². The Morgan fingerprint density at radius 1 is 1.19 bits per heavy atom. The van der Waals surface area contributed by atoms with Crippen LogP contribution in [0.2, 0.25) is 0 Å². The summed E-state index contributed by atoms with van der Waals surface area (Å²) in [6.07, 6.45) is -1.83. The third-order valence-electron chi connectivity index (χ3n) is 4.55. The van der Waals surface area contributed by atoms with E-state index in [0.29, 0.717) is 24.5 Å². The summed E-state index contributed by atoms with van der Waals surface area (Å²) in [6.45, 7) is 4.08. The van der Waals surface area contributed by atoms with E-state index in [2.05, 4.69) is 20.0 Å². The van der Waals surface area contributed by atoms with Gasteiger partial charge in [-0.25, -0.2) is 9.97 Å². The zero-order valence-electron chi connectivity index (χ0n) is 14.6. The number of hydrogen-bond donors (Lipinski definition) is 0. The quantitative estimate of drug-likeness (QED) is 0.693. The number of hydrogen-bond acceptors (Lipinski definition) is 5. The Morgan fingerprint density at radius 3 is 2.63 bits per heavy atom. The number of benzene rings is 1. The van der Waals surface area contributed by atoms with Gasteiger partial charge in [-0.3, -0.25) is 4.90 Å². The van der Waals surface area contributed by atoms with E-state index in [0.717, 1.165) is 47.8 Å². The number of alkyl halides is 3. The second kappa shape index (κ2) is 6.77. The molecule has 0 amide bonds. The molecule has 0 spiro atoms. The van der Waals surface area contributed by atoms with E-state index in [4.69, 9.17) is 4.52 Å². The van der Waals surface area contributed by atoms with E-state index in [9.17, 15) is 13.2 Å². The fourth-order valence-corrected chi connectivity index (χ4v) is 3.18. The zero-order valence-corrected chi connectivity index (χ0v) is 14.6. The van der Waals surface area contributed by atoms with Crippen molar-refractivity contribution in [1.82, 2.24) is 20.0 Å². The van der Waals surface area contributed by atoms with E-state index in [1.54, 1.807) is 6.20 Å². The molecule has 2 aromatic heterocycles. The van der Waals surface area contributed by atoms with Gasteiger partial charge in [-0.2, -0.15) is 13.2 Å². The SMILES string of the molecule is Cc1cc(CN2CCc3nc(-c4ccc(C(F)(F)F)cc4)ncc3C2)no1. The average molecular weight is 374 g/mol. The summed E-state index contributed by atoms with van der Waals surface area (Å²) in [5.74, 6) is 1.23. The molecule has 0 aliphatic carbocycles. The van der Waals surface area contributed by atoms with Crippen LogP contribution in [-0.2, 0) is 25.7 Å². The molecule has 0 bridgehead atoms. The van der Waals surface area contributed by atoms with Crippen LogP contribution in [0.4, 0.5) is 13.2 Å². The second-order valence-corrected chi connectivity index (χ2v) is 6.63. The first-order valence-corrected chi connectivity index (χ1v) is 8.55. The molecule has 1 aromatic carbocycles. The van der Waals surface area contributed by atoms with Crippen LogP contribution in [-0.4, -0.2) is 26.6 Å². The minimum Gasteiger partial charge on any atom is -0.361 e. The molecule has 0 atom stereocenters. The van der Waals surface area contributed by atoms with Crippen LogP contribution in [0.3, 0.4) is 0 Å². The van der Waals surface area contributed by atoms with Crippen molar-refractivity contribution >= 4 is 0 Å². The van der Waals surface area contributed by atoms with Crippen LogP contribution in [0.25, 0.3) is 11.4 Å². The van der Waals surface area contributed by atoms with Gasteiger partial charge >= 0.3 is 6.18 Å². The first-order valence-electron chi connectivity index (χ1n) is 8.55. The summed E-state index contributed by atoms with van der Waals surface area (Å²) in [5, 5.41) is 4.02. The molecule has 0 saturated heterocycles. The van der Waals surface area contributed by atoms with E-state index < -0.39 is 11.7 Å². The first-order chi connectivity index (χ1) is 12.9. The third kappa shape index (κ3) is 3.85. The molecule has 27 heavy (non-hydrogen) atoms. The Bertz CT molecular complexity index is 950. The van der Waals surface area contributed by atoms with Gasteiger partial charge in [0.15, 0.2) is 5.82 Å². The summed E-state index contributed by atoms with van der Waals surface area (Å²) in [5.41, 5.74) is 2.75. The Hall–Kier alpha value is -2.74. The summed E-state index contributed by atoms with van der Waals surface area (Å²) in [7, 11) is 0. The molecular formula is C19H17F3N4O. The van der Waals surface area contributed by atoms with Gasteiger partial charge in [-0.15, -0.1) is 0 Å². The van der Waals surface area contributed by atoms with Crippen LogP contribution < -0.4 is 0 Å². The molecule has 0 radical (unpaired) electrons. The largest absolute Gasteiger partial charge is 0.416 e. The maximum Gasteiger partial charge on any atom is 0.416 e. The predicted molar refractivity (Wildman–Crippen MR) is 91.5 cm³/mol. The fourth-order valence-electron chi connectivity index (χ4n) is 3.18. The van der Waals surface area contributed by atoms with Crippen LogP contribution >= 0.6 is 0 Å². The highest BCUT2D eigenvalue weighted by atomic mass is 19.4. The van der Waals surface area contributed by atoms with Gasteiger partial charge in [0.25, 0.3) is 0 Å². The first kappa shape index (κ1) is 17.7. The van der Waals surface area contributed by atoms with Crippen molar-refractivity contribution in [2.24, 2.45) is 0 Å². The number of fused-ring (bicyclic) bond motifs is 1. The van der Waals surface area contributed by atoms with Crippen LogP contribution in [0, 0.1) is 6.92 Å². The average Bonchev–Trinajstić information content (AvgIpc) is 3.05. The van der Waals surface area contributed by atoms with Crippen molar-refractivity contribution < 1.29 is 17.7 Å². The van der Waals surface area contributed by atoms with Crippen molar-refractivity contribution in [2.75, 3.05) is 6.54 Å². The molecule has 0 fully saturated rings. The van der Waals surface area contributed by atoms with Crippen molar-refractivity contribution in [2.45, 2.75) is 32.6 Å². The summed E-state index contributed by atoms with van der Waals surface area (Å²) in [4.78, 5) is 11.2. The minimum absolute atomic E-state index is 0.447. The van der Waals surface area contributed by atoms with Gasteiger partial charge in [0.05, 0.1) is 17.0 Å². The topological polar surface area (TPSA) is 55.1 Å². The Morgan fingerprint density at radius 2 is 1.96 bits per heavy atom. The van der Waals surface area contributed by atoms with Crippen LogP contribution in [0.15, 0.2) is 41.1 Å². The molecule has 5 nitrogen and oxygen atoms in total. The van der Waals surface area contributed by atoms with Crippen molar-refractivity contribution in [3.8, 4) is 11.4 Å². The normalized spacial score (nSPS) is 15.0. The van der Waals surface area contributed by atoms with Crippen LogP contribution in [0.5, 0.6) is 0 Å². The number of aromatic nitrogens is 3. The maximum atomic E-state index is 12.7. The summed E-state index contributed by atoms with van der Waals surface area (Å²) in [6, 6.07) is 6.85. The van der Waals surface area contributed by atoms with Crippen molar-refractivity contribution in [1.29, 1.82) is 0 Å². The molecule has 8 heteroatoms. The lowest BCUT2D eigenvalue weighted by Gasteiger charge is -2.27. The lowest BCUT2D eigenvalue weighted by molar-refractivity contribution is -0.137. The third-order valence-corrected chi connectivity index (χ3v) is 4.55. The Kier molecular flexibility index (Phi) is 4.43. The summed E-state index contributed by atoms with van der Waals surface area (Å²) < 4.78 is 43.2. The standard InChI is InChI=1S/C19H17F3N4O/c1-12-8-16(25-27-12)11-26-7-6-17-14(10-26)9-23-18(24-17)13-2-4-15(5-3-13)19(20,21)22/h2-5,8-9H,6-7,10-11H2,1H3. The van der Waals surface area contributed by atoms with E-state index in [1.165, 1.54) is 12.1 Å². The van der Waals surface area contributed by atoms with Crippen molar-refractivity contribution in [3.05, 3.63) is 64.8 Å². The molecule has 3 aromatic rings. The molecule has 3 heterocycles. The summed E-state index contributed by atoms with van der Waals surface area (Å²) >= 11 is 0. The highest BCUT2D eigenvalue weighted by molar-refractivity contribution is 5.56. The van der Waals surface area contributed by atoms with Gasteiger partial charge in [-0.1, -0.05) is 17.3 Å². The van der Waals surface area contributed by atoms with Crippen LogP contribution in [0.1, 0.15) is 28.3 Å². The zero-order chi connectivity index (χ0) is 19.0. The van der Waals surface area contributed by atoms with Gasteiger partial charge in [0, 0.05) is 49.4 Å². The van der Waals surface area contributed by atoms with E-state index in [1.807, 2.05) is 13.0 Å². The molecule has 0 unspecified atom stereocenters. The highest BCUT2D eigenvalue weighted by Crippen LogP contribution is 2.30. The van der Waals surface area contributed by atoms with Gasteiger partial charge in [0.1, 0.15) is 5.76 Å². The minimum atomic E-state index is -4.35. The lowest BCUT2D eigenvalue weighted by atomic mass is 10.1. The number of halogens is 3. The molecular weight excluding hydrogens is 357 g/mol. The van der Waals surface area contributed by atoms with Gasteiger partial charge < -0.3 is 4.52 Å². The molecule has 0 N–H and O–H groups in total. The van der Waals surface area contributed by atoms with Crippen molar-refractivity contribution in [3.63, 3.8) is 0 Å². The molecule has 1 aliphatic heterocycles. The number of nitrogens with zero attached hydrogens (tertiary/aromatic N) is 4. The molecule has 140 valence electrons. The predicted octanol–water partition coefficient (Wildman–Crippen LogP) is 4.02. The highest BCUT2D eigenvalue weighted by Gasteiger charge is 2.30. The maximum absolute atomic E-state index is 12.7. The van der Waals surface area contributed by atoms with Gasteiger partial charge in [0.2, 0.25) is 0 Å². The number of aryl methyl sites for hydroxylation is 1. The fraction of sp³-hybridized carbons (Fsp3) is 0.316. The molecule has 0 saturated carbocycles. The monoisotopic (exact) mass is 374 g/mol. The van der Waals surface area contributed by atoms with E-state index in [-0.39, 0.29) is 0 Å². The van der Waals surface area contributed by atoms with E-state index >= 15 is 0 Å².